The number of carbonyl (C=O) groups is 3. The van der Waals surface area contributed by atoms with Gasteiger partial charge in [-0.15, -0.1) is 11.8 Å². The Hall–Kier alpha value is -5.92. The second-order valence-electron chi connectivity index (χ2n) is 12.1. The number of benzene rings is 6. The summed E-state index contributed by atoms with van der Waals surface area (Å²) in [5, 5.41) is 10.3. The average Bonchev–Trinajstić information content (AvgIpc) is 3.14. The molecule has 6 rings (SSSR count). The predicted octanol–water partition coefficient (Wildman–Crippen LogP) is 9.84. The quantitative estimate of drug-likeness (QED) is 0.0943. The normalized spacial score (nSPS) is 11.9. The number of rotatable bonds is 11. The first-order valence-electron chi connectivity index (χ1n) is 16.4. The van der Waals surface area contributed by atoms with Crippen LogP contribution < -0.4 is 16.0 Å². The highest BCUT2D eigenvalue weighted by atomic mass is 32.2. The summed E-state index contributed by atoms with van der Waals surface area (Å²) in [5.41, 5.74) is 4.61. The molecule has 6 aromatic rings. The Morgan fingerprint density at radius 2 is 1.30 bits per heavy atom. The van der Waals surface area contributed by atoms with Gasteiger partial charge in [-0.2, -0.15) is 0 Å². The number of hydrogen-bond acceptors (Lipinski definition) is 4. The maximum atomic E-state index is 13.9. The molecule has 0 saturated heterocycles. The molecule has 0 aliphatic rings. The maximum Gasteiger partial charge on any atom is 0.272 e. The van der Waals surface area contributed by atoms with Crippen LogP contribution in [-0.4, -0.2) is 17.7 Å². The van der Waals surface area contributed by atoms with E-state index in [1.54, 1.807) is 36.4 Å². The average molecular weight is 676 g/mol. The van der Waals surface area contributed by atoms with E-state index in [2.05, 4.69) is 29.8 Å². The molecule has 0 fully saturated rings. The van der Waals surface area contributed by atoms with E-state index in [9.17, 15) is 14.4 Å². The Morgan fingerprint density at radius 1 is 0.640 bits per heavy atom. The summed E-state index contributed by atoms with van der Waals surface area (Å²) in [6, 6.07) is 47.5. The molecule has 0 spiro atoms. The molecule has 0 aromatic heterocycles. The van der Waals surface area contributed by atoms with E-state index in [0.717, 1.165) is 32.5 Å². The summed E-state index contributed by atoms with van der Waals surface area (Å²) in [4.78, 5) is 41.6. The van der Waals surface area contributed by atoms with Crippen LogP contribution in [0.4, 0.5) is 11.4 Å². The zero-order valence-electron chi connectivity index (χ0n) is 27.8. The molecule has 0 aliphatic carbocycles. The number of nitrogens with one attached hydrogen (secondary N) is 3. The predicted molar refractivity (Wildman–Crippen MR) is 205 cm³/mol. The molecule has 1 atom stereocenters. The molecule has 0 bridgehead atoms. The summed E-state index contributed by atoms with van der Waals surface area (Å²) in [5.74, 6) is -0.662. The van der Waals surface area contributed by atoms with E-state index >= 15 is 0 Å². The van der Waals surface area contributed by atoms with Crippen molar-refractivity contribution in [1.29, 1.82) is 0 Å². The fourth-order valence-corrected chi connectivity index (χ4v) is 6.58. The number of anilines is 2. The Balaban J connectivity index is 1.24. The molecular weight excluding hydrogens is 639 g/mol. The van der Waals surface area contributed by atoms with E-state index in [1.807, 2.05) is 121 Å². The first kappa shape index (κ1) is 34.0. The first-order chi connectivity index (χ1) is 24.3. The van der Waals surface area contributed by atoms with Crippen molar-refractivity contribution in [2.75, 3.05) is 10.6 Å². The van der Waals surface area contributed by atoms with Gasteiger partial charge in [-0.3, -0.25) is 14.4 Å². The van der Waals surface area contributed by atoms with Crippen LogP contribution in [0.1, 0.15) is 52.1 Å². The van der Waals surface area contributed by atoms with Crippen LogP contribution in [0.25, 0.3) is 16.8 Å². The van der Waals surface area contributed by atoms with Crippen LogP contribution in [0.5, 0.6) is 0 Å². The smallest absolute Gasteiger partial charge is 0.272 e. The molecular formula is C43H37N3O3S. The highest BCUT2D eigenvalue weighted by Crippen LogP contribution is 2.38. The zero-order valence-corrected chi connectivity index (χ0v) is 28.6. The number of fused-ring (bicyclic) bond motifs is 1. The lowest BCUT2D eigenvalue weighted by molar-refractivity contribution is -0.116. The van der Waals surface area contributed by atoms with E-state index < -0.39 is 17.1 Å². The van der Waals surface area contributed by atoms with E-state index in [-0.39, 0.29) is 11.6 Å². The number of amides is 3. The molecule has 50 heavy (non-hydrogen) atoms. The van der Waals surface area contributed by atoms with Crippen molar-refractivity contribution in [3.05, 3.63) is 180 Å². The van der Waals surface area contributed by atoms with Crippen molar-refractivity contribution in [2.24, 2.45) is 0 Å². The molecule has 6 aromatic carbocycles. The number of carbonyl (C=O) groups excluding carboxylic acids is 3. The van der Waals surface area contributed by atoms with E-state index in [4.69, 9.17) is 0 Å². The SMILES string of the molecule is CC(C)c1ccc(/C=C(/NC(=O)c2ccccc2)C(=O)Nc2cccc(SC(C(=O)Nc3cccc4ccccc34)c3ccccc3)c2)cc1. The Kier molecular flexibility index (Phi) is 10.9. The molecule has 7 heteroatoms. The summed E-state index contributed by atoms with van der Waals surface area (Å²) in [7, 11) is 0. The lowest BCUT2D eigenvalue weighted by Gasteiger charge is -2.18. The second-order valence-corrected chi connectivity index (χ2v) is 13.3. The lowest BCUT2D eigenvalue weighted by Crippen LogP contribution is -2.30. The van der Waals surface area contributed by atoms with Crippen molar-refractivity contribution >= 4 is 57.7 Å². The third-order valence-electron chi connectivity index (χ3n) is 8.18. The monoisotopic (exact) mass is 675 g/mol. The lowest BCUT2D eigenvalue weighted by atomic mass is 10.0. The van der Waals surface area contributed by atoms with Crippen molar-refractivity contribution < 1.29 is 14.4 Å². The minimum atomic E-state index is -0.574. The van der Waals surface area contributed by atoms with Gasteiger partial charge in [-0.1, -0.05) is 129 Å². The Morgan fingerprint density at radius 3 is 2.04 bits per heavy atom. The summed E-state index contributed by atoms with van der Waals surface area (Å²) < 4.78 is 0. The van der Waals surface area contributed by atoms with Gasteiger partial charge in [0.15, 0.2) is 0 Å². The van der Waals surface area contributed by atoms with Crippen LogP contribution in [0.15, 0.2) is 162 Å². The molecule has 3 amide bonds. The van der Waals surface area contributed by atoms with Gasteiger partial charge in [-0.05, 0) is 70.5 Å². The summed E-state index contributed by atoms with van der Waals surface area (Å²) >= 11 is 1.39. The van der Waals surface area contributed by atoms with Crippen LogP contribution in [-0.2, 0) is 9.59 Å². The number of hydrogen-bond donors (Lipinski definition) is 3. The second kappa shape index (κ2) is 16.0. The largest absolute Gasteiger partial charge is 0.324 e. The fourth-order valence-electron chi connectivity index (χ4n) is 5.50. The summed E-state index contributed by atoms with van der Waals surface area (Å²) in [6.45, 7) is 4.24. The number of thioether (sulfide) groups is 1. The third-order valence-corrected chi connectivity index (χ3v) is 9.42. The van der Waals surface area contributed by atoms with Crippen molar-refractivity contribution in [3.63, 3.8) is 0 Å². The zero-order chi connectivity index (χ0) is 34.9. The van der Waals surface area contributed by atoms with Crippen molar-refractivity contribution in [2.45, 2.75) is 29.9 Å². The van der Waals surface area contributed by atoms with Gasteiger partial charge in [0.1, 0.15) is 10.9 Å². The highest BCUT2D eigenvalue weighted by molar-refractivity contribution is 8.00. The van der Waals surface area contributed by atoms with Gasteiger partial charge in [0.05, 0.1) is 0 Å². The highest BCUT2D eigenvalue weighted by Gasteiger charge is 2.23. The van der Waals surface area contributed by atoms with Gasteiger partial charge in [0, 0.05) is 27.2 Å². The van der Waals surface area contributed by atoms with Gasteiger partial charge in [0.2, 0.25) is 5.91 Å². The topological polar surface area (TPSA) is 87.3 Å². The van der Waals surface area contributed by atoms with Gasteiger partial charge < -0.3 is 16.0 Å². The van der Waals surface area contributed by atoms with E-state index in [1.165, 1.54) is 17.3 Å². The van der Waals surface area contributed by atoms with Crippen molar-refractivity contribution in [1.82, 2.24) is 5.32 Å². The van der Waals surface area contributed by atoms with Gasteiger partial charge in [0.25, 0.3) is 11.8 Å². The van der Waals surface area contributed by atoms with Gasteiger partial charge >= 0.3 is 0 Å². The molecule has 0 aliphatic heterocycles. The Bertz CT molecular complexity index is 2140. The molecule has 3 N–H and O–H groups in total. The van der Waals surface area contributed by atoms with Crippen molar-refractivity contribution in [3.8, 4) is 0 Å². The van der Waals surface area contributed by atoms with Gasteiger partial charge in [-0.25, -0.2) is 0 Å². The minimum Gasteiger partial charge on any atom is -0.324 e. The molecule has 0 heterocycles. The minimum absolute atomic E-state index is 0.103. The molecule has 248 valence electrons. The maximum absolute atomic E-state index is 13.9. The van der Waals surface area contributed by atoms with Crippen LogP contribution in [0.2, 0.25) is 0 Å². The third kappa shape index (κ3) is 8.56. The summed E-state index contributed by atoms with van der Waals surface area (Å²) in [6.07, 6.45) is 1.67. The molecule has 6 nitrogen and oxygen atoms in total. The Labute approximate surface area is 296 Å². The van der Waals surface area contributed by atoms with Crippen LogP contribution in [0.3, 0.4) is 0 Å². The van der Waals surface area contributed by atoms with Crippen LogP contribution in [0, 0.1) is 0 Å². The molecule has 1 unspecified atom stereocenters. The molecule has 0 radical (unpaired) electrons. The van der Waals surface area contributed by atoms with E-state index in [0.29, 0.717) is 17.2 Å². The van der Waals surface area contributed by atoms with Crippen LogP contribution >= 0.6 is 11.8 Å². The molecule has 0 saturated carbocycles. The standard InChI is InChI=1S/C43H37N3O3S/c1-29(2)31-25-23-30(24-26-31)27-39(46-41(47)34-16-7-4-8-17-34)42(48)44-35-19-12-20-36(28-35)50-40(33-14-5-3-6-15-33)43(49)45-38-22-11-18-32-13-9-10-21-37(32)38/h3-29,40H,1-2H3,(H,44,48)(H,45,49)(H,46,47)/b39-27+. The fraction of sp³-hybridized carbons (Fsp3) is 0.0930. The first-order valence-corrected chi connectivity index (χ1v) is 17.3.